The van der Waals surface area contributed by atoms with Gasteiger partial charge in [0.2, 0.25) is 0 Å². The monoisotopic (exact) mass is 427 g/mol. The normalized spacial score (nSPS) is 10.9. The van der Waals surface area contributed by atoms with Gasteiger partial charge >= 0.3 is 0 Å². The van der Waals surface area contributed by atoms with Crippen molar-refractivity contribution in [3.63, 3.8) is 0 Å². The van der Waals surface area contributed by atoms with Crippen LogP contribution in [-0.4, -0.2) is 43.0 Å². The van der Waals surface area contributed by atoms with E-state index < -0.39 is 5.82 Å². The van der Waals surface area contributed by atoms with Crippen LogP contribution in [0.4, 0.5) is 9.52 Å². The van der Waals surface area contributed by atoms with E-state index in [-0.39, 0.29) is 18.3 Å². The predicted molar refractivity (Wildman–Crippen MR) is 113 cm³/mol. The van der Waals surface area contributed by atoms with E-state index in [1.54, 1.807) is 17.0 Å². The quantitative estimate of drug-likeness (QED) is 0.548. The van der Waals surface area contributed by atoms with E-state index in [0.717, 1.165) is 17.7 Å². The van der Waals surface area contributed by atoms with Gasteiger partial charge in [0, 0.05) is 12.1 Å². The zero-order chi connectivity index (χ0) is 18.7. The molecule has 0 bridgehead atoms. The number of hydrogen-bond acceptors (Lipinski definition) is 4. The molecule has 0 saturated carbocycles. The molecule has 0 fully saturated rings. The number of amides is 1. The van der Waals surface area contributed by atoms with Gasteiger partial charge in [0.15, 0.2) is 5.13 Å². The number of aromatic nitrogens is 1. The number of benzene rings is 2. The van der Waals surface area contributed by atoms with Gasteiger partial charge in [-0.2, -0.15) is 0 Å². The van der Waals surface area contributed by atoms with E-state index in [2.05, 4.69) is 9.88 Å². The van der Waals surface area contributed by atoms with Gasteiger partial charge in [-0.3, -0.25) is 9.69 Å². The highest BCUT2D eigenvalue weighted by molar-refractivity contribution is 7.22. The van der Waals surface area contributed by atoms with Crippen LogP contribution in [0.5, 0.6) is 0 Å². The highest BCUT2D eigenvalue weighted by atomic mass is 35.5. The molecule has 27 heavy (non-hydrogen) atoms. The second kappa shape index (κ2) is 9.46. The highest BCUT2D eigenvalue weighted by Crippen LogP contribution is 2.33. The standard InChI is InChI=1S/C19H19ClFN3OS.ClH/c1-23(2)10-5-11-24(18(25)13-6-3-7-14(21)12-13)19-22-17-15(20)8-4-9-16(17)26-19;/h3-4,6-9,12H,5,10-11H2,1-2H3;1H. The number of carbonyl (C=O) groups excluding carboxylic acids is 1. The summed E-state index contributed by atoms with van der Waals surface area (Å²) < 4.78 is 14.5. The van der Waals surface area contributed by atoms with Crippen LogP contribution in [-0.2, 0) is 0 Å². The first kappa shape index (κ1) is 21.6. The van der Waals surface area contributed by atoms with Crippen LogP contribution < -0.4 is 4.90 Å². The lowest BCUT2D eigenvalue weighted by atomic mass is 10.2. The second-order valence-electron chi connectivity index (χ2n) is 6.21. The molecule has 0 aliphatic rings. The van der Waals surface area contributed by atoms with Gasteiger partial charge in [0.05, 0.1) is 9.72 Å². The summed E-state index contributed by atoms with van der Waals surface area (Å²) in [6, 6.07) is 11.3. The van der Waals surface area contributed by atoms with E-state index in [9.17, 15) is 9.18 Å². The van der Waals surface area contributed by atoms with Crippen molar-refractivity contribution in [1.29, 1.82) is 0 Å². The van der Waals surface area contributed by atoms with Gasteiger partial charge < -0.3 is 4.90 Å². The maximum Gasteiger partial charge on any atom is 0.260 e. The first-order valence-electron chi connectivity index (χ1n) is 8.23. The van der Waals surface area contributed by atoms with Gasteiger partial charge in [-0.05, 0) is 57.4 Å². The number of para-hydroxylation sites is 1. The van der Waals surface area contributed by atoms with Crippen molar-refractivity contribution in [2.75, 3.05) is 32.1 Å². The molecule has 2 aromatic carbocycles. The summed E-state index contributed by atoms with van der Waals surface area (Å²) in [5.41, 5.74) is 0.985. The molecule has 4 nitrogen and oxygen atoms in total. The average molecular weight is 428 g/mol. The summed E-state index contributed by atoms with van der Waals surface area (Å²) in [5.74, 6) is -0.699. The smallest absolute Gasteiger partial charge is 0.260 e. The van der Waals surface area contributed by atoms with Gasteiger partial charge in [0.1, 0.15) is 11.3 Å². The van der Waals surface area contributed by atoms with Crippen LogP contribution in [0.1, 0.15) is 16.8 Å². The van der Waals surface area contributed by atoms with E-state index in [1.165, 1.54) is 29.5 Å². The minimum atomic E-state index is -0.434. The summed E-state index contributed by atoms with van der Waals surface area (Å²) in [5, 5.41) is 1.12. The predicted octanol–water partition coefficient (Wildman–Crippen LogP) is 5.11. The van der Waals surface area contributed by atoms with Crippen molar-refractivity contribution in [3.8, 4) is 0 Å². The van der Waals surface area contributed by atoms with Crippen molar-refractivity contribution in [3.05, 3.63) is 58.9 Å². The van der Waals surface area contributed by atoms with E-state index in [0.29, 0.717) is 27.8 Å². The lowest BCUT2D eigenvalue weighted by Gasteiger charge is -2.21. The number of hydrogen-bond donors (Lipinski definition) is 0. The fourth-order valence-corrected chi connectivity index (χ4v) is 3.91. The zero-order valence-corrected chi connectivity index (χ0v) is 17.4. The van der Waals surface area contributed by atoms with Gasteiger partial charge in [0.25, 0.3) is 5.91 Å². The maximum absolute atomic E-state index is 13.6. The summed E-state index contributed by atoms with van der Waals surface area (Å²) in [7, 11) is 3.96. The molecule has 0 saturated heterocycles. The number of halogens is 3. The van der Waals surface area contributed by atoms with Crippen LogP contribution in [0.3, 0.4) is 0 Å². The lowest BCUT2D eigenvalue weighted by Crippen LogP contribution is -2.33. The molecule has 0 aliphatic carbocycles. The largest absolute Gasteiger partial charge is 0.309 e. The Morgan fingerprint density at radius 3 is 2.59 bits per heavy atom. The number of anilines is 1. The van der Waals surface area contributed by atoms with Gasteiger partial charge in [-0.1, -0.05) is 35.1 Å². The summed E-state index contributed by atoms with van der Waals surface area (Å²) >= 11 is 7.63. The second-order valence-corrected chi connectivity index (χ2v) is 7.62. The molecule has 144 valence electrons. The van der Waals surface area contributed by atoms with Gasteiger partial charge in [-0.25, -0.2) is 9.37 Å². The molecule has 0 radical (unpaired) electrons. The minimum absolute atomic E-state index is 0. The van der Waals surface area contributed by atoms with Crippen molar-refractivity contribution >= 4 is 56.6 Å². The Balaban J connectivity index is 0.00000261. The fraction of sp³-hybridized carbons (Fsp3) is 0.263. The molecule has 3 aromatic rings. The fourth-order valence-electron chi connectivity index (χ4n) is 2.63. The molecular weight excluding hydrogens is 408 g/mol. The molecule has 0 N–H and O–H groups in total. The third-order valence-corrected chi connectivity index (χ3v) is 5.24. The Kier molecular flexibility index (Phi) is 7.56. The van der Waals surface area contributed by atoms with Crippen LogP contribution >= 0.6 is 35.3 Å². The number of carbonyl (C=O) groups is 1. The first-order chi connectivity index (χ1) is 12.5. The molecule has 1 amide bonds. The van der Waals surface area contributed by atoms with Crippen LogP contribution in [0.15, 0.2) is 42.5 Å². The van der Waals surface area contributed by atoms with Crippen LogP contribution in [0.2, 0.25) is 5.02 Å². The topological polar surface area (TPSA) is 36.4 Å². The molecule has 1 aromatic heterocycles. The summed E-state index contributed by atoms with van der Waals surface area (Å²) in [6.07, 6.45) is 0.776. The maximum atomic E-state index is 13.6. The Morgan fingerprint density at radius 2 is 1.93 bits per heavy atom. The number of rotatable bonds is 6. The molecule has 8 heteroatoms. The number of thiazole rings is 1. The van der Waals surface area contributed by atoms with E-state index >= 15 is 0 Å². The van der Waals surface area contributed by atoms with E-state index in [4.69, 9.17) is 11.6 Å². The molecule has 0 spiro atoms. The Hall–Kier alpha value is -1.73. The molecular formula is C19H20Cl2FN3OS. The SMILES string of the molecule is CN(C)CCCN(C(=O)c1cccc(F)c1)c1nc2c(Cl)cccc2s1.Cl. The Bertz CT molecular complexity index is 932. The average Bonchev–Trinajstić information content (AvgIpc) is 3.03. The van der Waals surface area contributed by atoms with Crippen LogP contribution in [0, 0.1) is 5.82 Å². The summed E-state index contributed by atoms with van der Waals surface area (Å²) in [6.45, 7) is 1.32. The lowest BCUT2D eigenvalue weighted by molar-refractivity contribution is 0.0985. The molecule has 0 unspecified atom stereocenters. The highest BCUT2D eigenvalue weighted by Gasteiger charge is 2.22. The molecule has 0 aliphatic heterocycles. The van der Waals surface area contributed by atoms with Crippen LogP contribution in [0.25, 0.3) is 10.2 Å². The Morgan fingerprint density at radius 1 is 1.19 bits per heavy atom. The molecule has 3 rings (SSSR count). The van der Waals surface area contributed by atoms with Gasteiger partial charge in [-0.15, -0.1) is 12.4 Å². The first-order valence-corrected chi connectivity index (χ1v) is 9.42. The van der Waals surface area contributed by atoms with Crippen molar-refractivity contribution in [2.45, 2.75) is 6.42 Å². The van der Waals surface area contributed by atoms with Crippen molar-refractivity contribution < 1.29 is 9.18 Å². The zero-order valence-electron chi connectivity index (χ0n) is 15.0. The molecule has 1 heterocycles. The molecule has 0 atom stereocenters. The third kappa shape index (κ3) is 5.17. The van der Waals surface area contributed by atoms with Crippen molar-refractivity contribution in [1.82, 2.24) is 9.88 Å². The number of nitrogens with zero attached hydrogens (tertiary/aromatic N) is 3. The number of fused-ring (bicyclic) bond motifs is 1. The minimum Gasteiger partial charge on any atom is -0.309 e. The van der Waals surface area contributed by atoms with Crippen molar-refractivity contribution in [2.24, 2.45) is 0 Å². The summed E-state index contributed by atoms with van der Waals surface area (Å²) in [4.78, 5) is 21.2. The van der Waals surface area contributed by atoms with E-state index in [1.807, 2.05) is 26.2 Å². The Labute approximate surface area is 173 Å². The third-order valence-electron chi connectivity index (χ3n) is 3.89.